The van der Waals surface area contributed by atoms with Crippen LogP contribution in [-0.4, -0.2) is 37.6 Å². The third kappa shape index (κ3) is 2.52. The Hall–Kier alpha value is -1.55. The van der Waals surface area contributed by atoms with Gasteiger partial charge in [0.1, 0.15) is 5.75 Å². The third-order valence-electron chi connectivity index (χ3n) is 2.70. The summed E-state index contributed by atoms with van der Waals surface area (Å²) < 4.78 is 5.29. The standard InChI is InChI=1S/C12H16N2O2/c1-16-11-5-3-2-4-10(11)8-14-7-6-13-12(15)9-14/h2-5H,6-9H2,1H3,(H,13,15). The number of hydrogen-bond donors (Lipinski definition) is 1. The molecule has 1 aliphatic rings. The lowest BCUT2D eigenvalue weighted by molar-refractivity contribution is -0.124. The smallest absolute Gasteiger partial charge is 0.234 e. The van der Waals surface area contributed by atoms with Gasteiger partial charge in [-0.05, 0) is 6.07 Å². The van der Waals surface area contributed by atoms with Crippen molar-refractivity contribution in [1.82, 2.24) is 10.2 Å². The van der Waals surface area contributed by atoms with Crippen LogP contribution in [0.1, 0.15) is 5.56 Å². The molecule has 1 aliphatic heterocycles. The van der Waals surface area contributed by atoms with Gasteiger partial charge in [0.15, 0.2) is 0 Å². The third-order valence-corrected chi connectivity index (χ3v) is 2.70. The molecule has 16 heavy (non-hydrogen) atoms. The van der Waals surface area contributed by atoms with Crippen LogP contribution < -0.4 is 10.1 Å². The Labute approximate surface area is 95.2 Å². The predicted octanol–water partition coefficient (Wildman–Crippen LogP) is 0.627. The van der Waals surface area contributed by atoms with E-state index in [0.717, 1.165) is 30.9 Å². The summed E-state index contributed by atoms with van der Waals surface area (Å²) in [6, 6.07) is 7.91. The molecule has 0 unspecified atom stereocenters. The van der Waals surface area contributed by atoms with Crippen LogP contribution in [0.25, 0.3) is 0 Å². The number of carbonyl (C=O) groups excluding carboxylic acids is 1. The van der Waals surface area contributed by atoms with Gasteiger partial charge in [-0.1, -0.05) is 18.2 Å². The maximum absolute atomic E-state index is 11.2. The molecule has 1 aromatic carbocycles. The summed E-state index contributed by atoms with van der Waals surface area (Å²) >= 11 is 0. The van der Waals surface area contributed by atoms with Crippen molar-refractivity contribution in [3.63, 3.8) is 0 Å². The van der Waals surface area contributed by atoms with E-state index in [2.05, 4.69) is 10.2 Å². The monoisotopic (exact) mass is 220 g/mol. The zero-order valence-electron chi connectivity index (χ0n) is 9.40. The SMILES string of the molecule is COc1ccccc1CN1CCNC(=O)C1. The second-order valence-corrected chi connectivity index (χ2v) is 3.87. The second-order valence-electron chi connectivity index (χ2n) is 3.87. The summed E-state index contributed by atoms with van der Waals surface area (Å²) in [6.45, 7) is 2.85. The molecule has 4 heteroatoms. The van der Waals surface area contributed by atoms with E-state index in [0.29, 0.717) is 6.54 Å². The molecule has 4 nitrogen and oxygen atoms in total. The summed E-state index contributed by atoms with van der Waals surface area (Å²) in [6.07, 6.45) is 0. The van der Waals surface area contributed by atoms with E-state index in [1.54, 1.807) is 7.11 Å². The average Bonchev–Trinajstić information content (AvgIpc) is 2.30. The van der Waals surface area contributed by atoms with E-state index in [4.69, 9.17) is 4.74 Å². The van der Waals surface area contributed by atoms with Crippen LogP contribution in [0, 0.1) is 0 Å². The topological polar surface area (TPSA) is 41.6 Å². The molecular formula is C12H16N2O2. The lowest BCUT2D eigenvalue weighted by atomic mass is 10.2. The highest BCUT2D eigenvalue weighted by molar-refractivity contribution is 5.78. The number of amides is 1. The molecule has 86 valence electrons. The van der Waals surface area contributed by atoms with E-state index >= 15 is 0 Å². The van der Waals surface area contributed by atoms with Crippen molar-refractivity contribution in [2.45, 2.75) is 6.54 Å². The van der Waals surface area contributed by atoms with Gasteiger partial charge < -0.3 is 10.1 Å². The van der Waals surface area contributed by atoms with Crippen molar-refractivity contribution in [3.05, 3.63) is 29.8 Å². The van der Waals surface area contributed by atoms with Crippen molar-refractivity contribution in [2.24, 2.45) is 0 Å². The molecule has 1 heterocycles. The van der Waals surface area contributed by atoms with Crippen molar-refractivity contribution in [1.29, 1.82) is 0 Å². The fourth-order valence-electron chi connectivity index (χ4n) is 1.90. The number of carbonyl (C=O) groups is 1. The first kappa shape index (κ1) is 11.0. The van der Waals surface area contributed by atoms with Gasteiger partial charge >= 0.3 is 0 Å². The Bertz CT molecular complexity index is 379. The molecule has 1 amide bonds. The highest BCUT2D eigenvalue weighted by Gasteiger charge is 2.17. The summed E-state index contributed by atoms with van der Waals surface area (Å²) in [5.41, 5.74) is 1.12. The molecule has 1 fully saturated rings. The highest BCUT2D eigenvalue weighted by Crippen LogP contribution is 2.19. The summed E-state index contributed by atoms with van der Waals surface area (Å²) in [7, 11) is 1.67. The molecule has 1 saturated heterocycles. The molecule has 1 N–H and O–H groups in total. The van der Waals surface area contributed by atoms with Crippen LogP contribution in [0.2, 0.25) is 0 Å². The summed E-state index contributed by atoms with van der Waals surface area (Å²) in [4.78, 5) is 13.4. The van der Waals surface area contributed by atoms with Gasteiger partial charge in [-0.15, -0.1) is 0 Å². The van der Waals surface area contributed by atoms with Crippen LogP contribution in [0.4, 0.5) is 0 Å². The van der Waals surface area contributed by atoms with Crippen molar-refractivity contribution < 1.29 is 9.53 Å². The van der Waals surface area contributed by atoms with E-state index in [9.17, 15) is 4.79 Å². The van der Waals surface area contributed by atoms with Crippen LogP contribution in [0.15, 0.2) is 24.3 Å². The van der Waals surface area contributed by atoms with Gasteiger partial charge in [-0.3, -0.25) is 9.69 Å². The number of rotatable bonds is 3. The number of nitrogens with zero attached hydrogens (tertiary/aromatic N) is 1. The fourth-order valence-corrected chi connectivity index (χ4v) is 1.90. The first-order valence-corrected chi connectivity index (χ1v) is 5.40. The second kappa shape index (κ2) is 4.99. The zero-order chi connectivity index (χ0) is 11.4. The van der Waals surface area contributed by atoms with E-state index < -0.39 is 0 Å². The van der Waals surface area contributed by atoms with Crippen molar-refractivity contribution in [2.75, 3.05) is 26.7 Å². The molecule has 0 bridgehead atoms. The van der Waals surface area contributed by atoms with Gasteiger partial charge in [0, 0.05) is 25.2 Å². The van der Waals surface area contributed by atoms with Crippen LogP contribution in [-0.2, 0) is 11.3 Å². The Kier molecular flexibility index (Phi) is 3.41. The van der Waals surface area contributed by atoms with E-state index in [1.807, 2.05) is 24.3 Å². The minimum absolute atomic E-state index is 0.0983. The Morgan fingerprint density at radius 3 is 3.00 bits per heavy atom. The van der Waals surface area contributed by atoms with E-state index in [-0.39, 0.29) is 5.91 Å². The minimum Gasteiger partial charge on any atom is -0.496 e. The Morgan fingerprint density at radius 1 is 1.44 bits per heavy atom. The Balaban J connectivity index is 2.05. The number of methoxy groups -OCH3 is 1. The minimum atomic E-state index is 0.0983. The van der Waals surface area contributed by atoms with Gasteiger partial charge in [-0.2, -0.15) is 0 Å². The Morgan fingerprint density at radius 2 is 2.25 bits per heavy atom. The number of ether oxygens (including phenoxy) is 1. The molecule has 1 aromatic rings. The van der Waals surface area contributed by atoms with Crippen LogP contribution in [0.3, 0.4) is 0 Å². The predicted molar refractivity (Wildman–Crippen MR) is 61.3 cm³/mol. The lowest BCUT2D eigenvalue weighted by Crippen LogP contribution is -2.47. The summed E-state index contributed by atoms with van der Waals surface area (Å²) in [5.74, 6) is 0.981. The first-order chi connectivity index (χ1) is 7.79. The lowest BCUT2D eigenvalue weighted by Gasteiger charge is -2.26. The quantitative estimate of drug-likeness (QED) is 0.812. The largest absolute Gasteiger partial charge is 0.496 e. The molecule has 0 aliphatic carbocycles. The number of benzene rings is 1. The first-order valence-electron chi connectivity index (χ1n) is 5.40. The fraction of sp³-hybridized carbons (Fsp3) is 0.417. The molecule has 0 saturated carbocycles. The molecule has 0 atom stereocenters. The van der Waals surface area contributed by atoms with E-state index in [1.165, 1.54) is 0 Å². The van der Waals surface area contributed by atoms with Gasteiger partial charge in [0.25, 0.3) is 0 Å². The number of piperazine rings is 1. The van der Waals surface area contributed by atoms with Gasteiger partial charge in [0.05, 0.1) is 13.7 Å². The number of para-hydroxylation sites is 1. The molecule has 0 spiro atoms. The maximum atomic E-state index is 11.2. The molecular weight excluding hydrogens is 204 g/mol. The van der Waals surface area contributed by atoms with Crippen molar-refractivity contribution in [3.8, 4) is 5.75 Å². The normalized spacial score (nSPS) is 16.9. The van der Waals surface area contributed by atoms with Crippen molar-refractivity contribution >= 4 is 5.91 Å². The van der Waals surface area contributed by atoms with Gasteiger partial charge in [-0.25, -0.2) is 0 Å². The highest BCUT2D eigenvalue weighted by atomic mass is 16.5. The molecule has 2 rings (SSSR count). The van der Waals surface area contributed by atoms with Gasteiger partial charge in [0.2, 0.25) is 5.91 Å². The zero-order valence-corrected chi connectivity index (χ0v) is 9.40. The molecule has 0 aromatic heterocycles. The average molecular weight is 220 g/mol. The van der Waals surface area contributed by atoms with Crippen LogP contribution >= 0.6 is 0 Å². The van der Waals surface area contributed by atoms with Crippen LogP contribution in [0.5, 0.6) is 5.75 Å². The maximum Gasteiger partial charge on any atom is 0.234 e. The molecule has 0 radical (unpaired) electrons. The summed E-state index contributed by atoms with van der Waals surface area (Å²) in [5, 5.41) is 2.81. The number of nitrogens with one attached hydrogen (secondary N) is 1. The number of hydrogen-bond acceptors (Lipinski definition) is 3.